The van der Waals surface area contributed by atoms with Gasteiger partial charge in [0.2, 0.25) is 5.95 Å². The van der Waals surface area contributed by atoms with E-state index in [0.717, 1.165) is 6.54 Å². The van der Waals surface area contributed by atoms with Gasteiger partial charge in [0.15, 0.2) is 5.82 Å². The van der Waals surface area contributed by atoms with Gasteiger partial charge in [-0.2, -0.15) is 0 Å². The van der Waals surface area contributed by atoms with E-state index in [1.165, 1.54) is 38.1 Å². The van der Waals surface area contributed by atoms with Gasteiger partial charge in [-0.05, 0) is 11.8 Å². The molecule has 0 aliphatic carbocycles. The van der Waals surface area contributed by atoms with Crippen molar-refractivity contribution in [3.63, 3.8) is 0 Å². The lowest BCUT2D eigenvalue weighted by molar-refractivity contribution is 0.342. The van der Waals surface area contributed by atoms with Crippen molar-refractivity contribution in [3.8, 4) is 0 Å². The van der Waals surface area contributed by atoms with Crippen LogP contribution >= 0.6 is 0 Å². The summed E-state index contributed by atoms with van der Waals surface area (Å²) in [6.45, 7) is 7.46. The third kappa shape index (κ3) is 5.61. The van der Waals surface area contributed by atoms with Crippen molar-refractivity contribution in [1.29, 1.82) is 0 Å². The number of aromatic nitrogens is 2. The summed E-state index contributed by atoms with van der Waals surface area (Å²) < 4.78 is 12.6. The fourth-order valence-corrected chi connectivity index (χ4v) is 1.66. The molecule has 17 heavy (non-hydrogen) atoms. The molecule has 1 aromatic heterocycles. The minimum atomic E-state index is -0.405. The largest absolute Gasteiger partial charge is 0.354 e. The third-order valence-electron chi connectivity index (χ3n) is 2.80. The second kappa shape index (κ2) is 6.52. The Bertz CT molecular complexity index is 322. The average molecular weight is 239 g/mol. The van der Waals surface area contributed by atoms with E-state index in [-0.39, 0.29) is 5.41 Å². The lowest BCUT2D eigenvalue weighted by atomic mass is 9.87. The fraction of sp³-hybridized carbons (Fsp3) is 0.692. The van der Waals surface area contributed by atoms with E-state index in [9.17, 15) is 4.39 Å². The number of hydrogen-bond donors (Lipinski definition) is 1. The molecular formula is C13H22FN3. The van der Waals surface area contributed by atoms with Crippen molar-refractivity contribution in [2.45, 2.75) is 46.5 Å². The van der Waals surface area contributed by atoms with Crippen molar-refractivity contribution in [1.82, 2.24) is 9.97 Å². The molecule has 1 N–H and O–H groups in total. The molecule has 0 saturated carbocycles. The van der Waals surface area contributed by atoms with Crippen LogP contribution in [-0.2, 0) is 0 Å². The SMILES string of the molecule is CCCCCC(C)(C)CNc1ncc(F)cn1. The van der Waals surface area contributed by atoms with E-state index >= 15 is 0 Å². The molecule has 96 valence electrons. The monoisotopic (exact) mass is 239 g/mol. The molecule has 0 aromatic carbocycles. The van der Waals surface area contributed by atoms with Crippen LogP contribution in [0.15, 0.2) is 12.4 Å². The Morgan fingerprint density at radius 3 is 2.47 bits per heavy atom. The summed E-state index contributed by atoms with van der Waals surface area (Å²) in [6.07, 6.45) is 7.30. The molecule has 0 unspecified atom stereocenters. The lowest BCUT2D eigenvalue weighted by Gasteiger charge is -2.24. The van der Waals surface area contributed by atoms with E-state index in [1.54, 1.807) is 0 Å². The molecule has 0 aliphatic heterocycles. The Labute approximate surface area is 103 Å². The Balaban J connectivity index is 2.35. The number of unbranched alkanes of at least 4 members (excludes halogenated alkanes) is 2. The Kier molecular flexibility index (Phi) is 5.32. The Morgan fingerprint density at radius 1 is 1.24 bits per heavy atom. The van der Waals surface area contributed by atoms with Crippen LogP contribution in [0.3, 0.4) is 0 Å². The summed E-state index contributed by atoms with van der Waals surface area (Å²) in [6, 6.07) is 0. The summed E-state index contributed by atoms with van der Waals surface area (Å²) in [5.41, 5.74) is 0.215. The van der Waals surface area contributed by atoms with Gasteiger partial charge in [-0.1, -0.05) is 40.0 Å². The first-order valence-corrected chi connectivity index (χ1v) is 6.25. The highest BCUT2D eigenvalue weighted by atomic mass is 19.1. The van der Waals surface area contributed by atoms with Crippen LogP contribution in [0.5, 0.6) is 0 Å². The normalized spacial score (nSPS) is 11.5. The van der Waals surface area contributed by atoms with Crippen molar-refractivity contribution in [3.05, 3.63) is 18.2 Å². The first kappa shape index (κ1) is 13.9. The molecule has 0 radical (unpaired) electrons. The lowest BCUT2D eigenvalue weighted by Crippen LogP contribution is -2.23. The summed E-state index contributed by atoms with van der Waals surface area (Å²) in [4.78, 5) is 7.76. The first-order valence-electron chi connectivity index (χ1n) is 6.25. The quantitative estimate of drug-likeness (QED) is 0.738. The highest BCUT2D eigenvalue weighted by Crippen LogP contribution is 2.23. The van der Waals surface area contributed by atoms with Gasteiger partial charge in [0.25, 0.3) is 0 Å². The molecule has 1 rings (SSSR count). The first-order chi connectivity index (χ1) is 8.03. The van der Waals surface area contributed by atoms with E-state index in [4.69, 9.17) is 0 Å². The highest BCUT2D eigenvalue weighted by Gasteiger charge is 2.17. The van der Waals surface area contributed by atoms with Gasteiger partial charge < -0.3 is 5.32 Å². The molecule has 0 amide bonds. The van der Waals surface area contributed by atoms with Gasteiger partial charge in [-0.25, -0.2) is 14.4 Å². The van der Waals surface area contributed by atoms with Crippen LogP contribution < -0.4 is 5.32 Å². The zero-order valence-electron chi connectivity index (χ0n) is 11.0. The van der Waals surface area contributed by atoms with Gasteiger partial charge in [0.05, 0.1) is 12.4 Å². The maximum atomic E-state index is 12.6. The molecule has 1 aromatic rings. The van der Waals surface area contributed by atoms with E-state index in [0.29, 0.717) is 5.95 Å². The van der Waals surface area contributed by atoms with Crippen molar-refractivity contribution < 1.29 is 4.39 Å². The van der Waals surface area contributed by atoms with Crippen molar-refractivity contribution in [2.24, 2.45) is 5.41 Å². The number of anilines is 1. The van der Waals surface area contributed by atoms with Gasteiger partial charge in [0.1, 0.15) is 0 Å². The average Bonchev–Trinajstić information content (AvgIpc) is 2.29. The predicted octanol–water partition coefficient (Wildman–Crippen LogP) is 3.63. The minimum absolute atomic E-state index is 0.215. The predicted molar refractivity (Wildman–Crippen MR) is 68.4 cm³/mol. The number of halogens is 1. The maximum Gasteiger partial charge on any atom is 0.222 e. The van der Waals surface area contributed by atoms with Crippen molar-refractivity contribution in [2.75, 3.05) is 11.9 Å². The molecule has 0 saturated heterocycles. The zero-order chi connectivity index (χ0) is 12.7. The van der Waals surface area contributed by atoms with E-state index < -0.39 is 5.82 Å². The van der Waals surface area contributed by atoms with Crippen LogP contribution in [-0.4, -0.2) is 16.5 Å². The molecule has 0 atom stereocenters. The van der Waals surface area contributed by atoms with Crippen LogP contribution in [0.25, 0.3) is 0 Å². The standard InChI is InChI=1S/C13H22FN3/c1-4-5-6-7-13(2,3)10-17-12-15-8-11(14)9-16-12/h8-9H,4-7,10H2,1-3H3,(H,15,16,17). The molecule has 0 aliphatic rings. The smallest absolute Gasteiger partial charge is 0.222 e. The molecule has 0 bridgehead atoms. The number of nitrogens with zero attached hydrogens (tertiary/aromatic N) is 2. The van der Waals surface area contributed by atoms with Gasteiger partial charge in [-0.3, -0.25) is 0 Å². The third-order valence-corrected chi connectivity index (χ3v) is 2.80. The highest BCUT2D eigenvalue weighted by molar-refractivity contribution is 5.22. The summed E-state index contributed by atoms with van der Waals surface area (Å²) >= 11 is 0. The van der Waals surface area contributed by atoms with E-state index in [1.807, 2.05) is 0 Å². The molecule has 0 spiro atoms. The summed E-state index contributed by atoms with van der Waals surface area (Å²) in [7, 11) is 0. The molecular weight excluding hydrogens is 217 g/mol. The van der Waals surface area contributed by atoms with Crippen LogP contribution in [0.4, 0.5) is 10.3 Å². The second-order valence-corrected chi connectivity index (χ2v) is 5.20. The molecule has 0 fully saturated rings. The zero-order valence-corrected chi connectivity index (χ0v) is 11.0. The number of hydrogen-bond acceptors (Lipinski definition) is 3. The Morgan fingerprint density at radius 2 is 1.88 bits per heavy atom. The molecule has 1 heterocycles. The van der Waals surface area contributed by atoms with Crippen LogP contribution in [0, 0.1) is 11.2 Å². The van der Waals surface area contributed by atoms with Gasteiger partial charge in [0, 0.05) is 6.54 Å². The molecule has 3 nitrogen and oxygen atoms in total. The molecule has 4 heteroatoms. The maximum absolute atomic E-state index is 12.6. The number of nitrogens with one attached hydrogen (secondary N) is 1. The van der Waals surface area contributed by atoms with E-state index in [2.05, 4.69) is 36.1 Å². The summed E-state index contributed by atoms with van der Waals surface area (Å²) in [5.74, 6) is 0.0905. The van der Waals surface area contributed by atoms with Crippen molar-refractivity contribution >= 4 is 5.95 Å². The van der Waals surface area contributed by atoms with Gasteiger partial charge >= 0.3 is 0 Å². The van der Waals surface area contributed by atoms with Crippen LogP contribution in [0.1, 0.15) is 46.5 Å². The minimum Gasteiger partial charge on any atom is -0.354 e. The van der Waals surface area contributed by atoms with Crippen LogP contribution in [0.2, 0.25) is 0 Å². The van der Waals surface area contributed by atoms with Gasteiger partial charge in [-0.15, -0.1) is 0 Å². The Hall–Kier alpha value is -1.19. The summed E-state index contributed by atoms with van der Waals surface area (Å²) in [5, 5.41) is 3.15. The fourth-order valence-electron chi connectivity index (χ4n) is 1.66. The second-order valence-electron chi connectivity index (χ2n) is 5.20. The topological polar surface area (TPSA) is 37.8 Å². The number of rotatable bonds is 7.